The number of benzene rings is 3. The number of allylic oxidation sites excluding steroid dienone is 2. The van der Waals surface area contributed by atoms with E-state index in [1.807, 2.05) is 42.6 Å². The van der Waals surface area contributed by atoms with Gasteiger partial charge in [-0.05, 0) is 30.1 Å². The summed E-state index contributed by atoms with van der Waals surface area (Å²) in [6.45, 7) is 2.85. The van der Waals surface area contributed by atoms with Crippen molar-refractivity contribution in [3.05, 3.63) is 90.8 Å². The van der Waals surface area contributed by atoms with Gasteiger partial charge >= 0.3 is 0 Å². The molecule has 1 radical (unpaired) electrons. The van der Waals surface area contributed by atoms with Gasteiger partial charge in [0.15, 0.2) is 5.78 Å². The van der Waals surface area contributed by atoms with E-state index < -0.39 is 0 Å². The van der Waals surface area contributed by atoms with E-state index in [4.69, 9.17) is 20.1 Å². The van der Waals surface area contributed by atoms with Crippen LogP contribution in [-0.4, -0.2) is 25.4 Å². The zero-order valence-corrected chi connectivity index (χ0v) is 21.0. The summed E-state index contributed by atoms with van der Waals surface area (Å²) in [5.41, 5.74) is 3.75. The van der Waals surface area contributed by atoms with Crippen molar-refractivity contribution in [2.24, 2.45) is 0 Å². The van der Waals surface area contributed by atoms with E-state index in [-0.39, 0.29) is 31.6 Å². The predicted molar refractivity (Wildman–Crippen MR) is 132 cm³/mol. The topological polar surface area (TPSA) is 82.1 Å². The van der Waals surface area contributed by atoms with Crippen molar-refractivity contribution in [1.82, 2.24) is 19.5 Å². The predicted octanol–water partition coefficient (Wildman–Crippen LogP) is 5.87. The van der Waals surface area contributed by atoms with Crippen molar-refractivity contribution in [3.63, 3.8) is 0 Å². The fraction of sp³-hybridized carbons (Fsp3) is 0.0741. The van der Waals surface area contributed by atoms with Crippen LogP contribution in [0.1, 0.15) is 13.8 Å². The largest absolute Gasteiger partial charge is 0.512 e. The summed E-state index contributed by atoms with van der Waals surface area (Å²) in [6, 6.07) is 24.7. The molecule has 0 spiro atoms. The zero-order valence-electron chi connectivity index (χ0n) is 18.6. The Balaban J connectivity index is 0.000000303. The quantitative estimate of drug-likeness (QED) is 0.192. The van der Waals surface area contributed by atoms with Crippen LogP contribution in [0.5, 0.6) is 0 Å². The Labute approximate surface area is 209 Å². The summed E-state index contributed by atoms with van der Waals surface area (Å²) in [5.74, 6) is 0.604. The Hall–Kier alpha value is -3.80. The number of aliphatic hydroxyl groups is 1. The standard InChI is InChI=1S/C22H13N4.C5H8O2.Ir/c1-2-8-15-14(7-1)13-23-21-20(15)16-9-3-6-12-19(16)26(21)22-24-17-10-4-5-11-18(17)25-22;1-4(6)3-5(2)7;/h1-13H;3,6H,1-2H3;/q-1;;/b;4-3-;. The van der Waals surface area contributed by atoms with Gasteiger partial charge in [0, 0.05) is 60.1 Å². The molecule has 0 saturated carbocycles. The van der Waals surface area contributed by atoms with Crippen molar-refractivity contribution in [1.29, 1.82) is 0 Å². The molecule has 3 aromatic carbocycles. The van der Waals surface area contributed by atoms with Crippen molar-refractivity contribution in [2.45, 2.75) is 13.8 Å². The first-order chi connectivity index (χ1) is 16.0. The molecule has 34 heavy (non-hydrogen) atoms. The second-order valence-electron chi connectivity index (χ2n) is 7.81. The number of carbonyl (C=O) groups excluding carboxylic acids is 1. The van der Waals surface area contributed by atoms with Gasteiger partial charge in [-0.3, -0.25) is 9.78 Å². The number of nitrogens with zero attached hydrogens (tertiary/aromatic N) is 4. The minimum Gasteiger partial charge on any atom is -0.512 e. The maximum atomic E-state index is 10.0. The molecule has 3 aromatic heterocycles. The molecule has 6 rings (SSSR count). The molecule has 0 unspecified atom stereocenters. The van der Waals surface area contributed by atoms with Crippen LogP contribution in [0.25, 0.3) is 49.7 Å². The van der Waals surface area contributed by atoms with Gasteiger partial charge in [-0.15, -0.1) is 0 Å². The Kier molecular flexibility index (Phi) is 6.59. The molecule has 0 aliphatic rings. The van der Waals surface area contributed by atoms with Crippen LogP contribution < -0.4 is 4.98 Å². The molecule has 0 bridgehead atoms. The third kappa shape index (κ3) is 4.23. The number of rotatable bonds is 2. The molecule has 3 heterocycles. The van der Waals surface area contributed by atoms with Crippen LogP contribution in [0.15, 0.2) is 90.8 Å². The van der Waals surface area contributed by atoms with Crippen molar-refractivity contribution >= 4 is 49.5 Å². The first-order valence-electron chi connectivity index (χ1n) is 10.6. The molecule has 6 nitrogen and oxygen atoms in total. The van der Waals surface area contributed by atoms with Crippen LogP contribution in [0.3, 0.4) is 0 Å². The third-order valence-electron chi connectivity index (χ3n) is 5.34. The molecule has 0 saturated heterocycles. The SMILES string of the molecule is CC(=O)/C=C(/C)O.[Ir].c1ccc2c(c1)cnc1c2c2ccccc2n1-c1nc2ccccc2[n-]1. The van der Waals surface area contributed by atoms with Gasteiger partial charge in [0.05, 0.1) is 11.4 Å². The number of carbonyl (C=O) groups is 1. The summed E-state index contributed by atoms with van der Waals surface area (Å²) in [5, 5.41) is 13.0. The van der Waals surface area contributed by atoms with E-state index >= 15 is 0 Å². The number of hydrogen-bond acceptors (Lipinski definition) is 4. The monoisotopic (exact) mass is 626 g/mol. The van der Waals surface area contributed by atoms with Gasteiger partial charge in [-0.1, -0.05) is 72.8 Å². The summed E-state index contributed by atoms with van der Waals surface area (Å²) in [4.78, 5) is 24.3. The van der Waals surface area contributed by atoms with Crippen LogP contribution in [0, 0.1) is 0 Å². The second-order valence-corrected chi connectivity index (χ2v) is 7.81. The fourth-order valence-electron chi connectivity index (χ4n) is 4.07. The summed E-state index contributed by atoms with van der Waals surface area (Å²) in [7, 11) is 0. The molecule has 171 valence electrons. The number of pyridine rings is 1. The van der Waals surface area contributed by atoms with Gasteiger partial charge < -0.3 is 19.6 Å². The van der Waals surface area contributed by atoms with Gasteiger partial charge in [0.1, 0.15) is 0 Å². The Morgan fingerprint density at radius 3 is 2.32 bits per heavy atom. The summed E-state index contributed by atoms with van der Waals surface area (Å²) in [6.07, 6.45) is 3.09. The van der Waals surface area contributed by atoms with Crippen LogP contribution in [0.2, 0.25) is 0 Å². The van der Waals surface area contributed by atoms with Gasteiger partial charge in [0.2, 0.25) is 0 Å². The molecule has 0 fully saturated rings. The normalized spacial score (nSPS) is 11.4. The maximum absolute atomic E-state index is 10.0. The van der Waals surface area contributed by atoms with E-state index in [9.17, 15) is 4.79 Å². The van der Waals surface area contributed by atoms with Crippen molar-refractivity contribution < 1.29 is 30.0 Å². The number of para-hydroxylation sites is 3. The number of hydrogen-bond donors (Lipinski definition) is 1. The third-order valence-corrected chi connectivity index (χ3v) is 5.34. The molecule has 7 heteroatoms. The smallest absolute Gasteiger partial charge is 0.155 e. The second kappa shape index (κ2) is 9.59. The molecular weight excluding hydrogens is 605 g/mol. The first kappa shape index (κ1) is 23.4. The Morgan fingerprint density at radius 1 is 0.941 bits per heavy atom. The molecule has 6 aromatic rings. The molecule has 1 N–H and O–H groups in total. The van der Waals surface area contributed by atoms with E-state index in [0.29, 0.717) is 5.95 Å². The number of fused-ring (bicyclic) bond motifs is 6. The number of ketones is 1. The van der Waals surface area contributed by atoms with E-state index in [2.05, 4.69) is 41.0 Å². The van der Waals surface area contributed by atoms with Gasteiger partial charge in [0.25, 0.3) is 0 Å². The Bertz CT molecular complexity index is 1640. The molecule has 0 aliphatic heterocycles. The van der Waals surface area contributed by atoms with Crippen molar-refractivity contribution in [3.8, 4) is 5.95 Å². The van der Waals surface area contributed by atoms with Crippen LogP contribution in [0.4, 0.5) is 0 Å². The van der Waals surface area contributed by atoms with E-state index in [1.165, 1.54) is 30.7 Å². The zero-order chi connectivity index (χ0) is 22.9. The maximum Gasteiger partial charge on any atom is 0.155 e. The minimum atomic E-state index is -0.125. The van der Waals surface area contributed by atoms with Crippen molar-refractivity contribution in [2.75, 3.05) is 0 Å². The molecular formula is C27H21IrN4O2-. The summed E-state index contributed by atoms with van der Waals surface area (Å²) < 4.78 is 2.07. The molecule has 0 atom stereocenters. The average Bonchev–Trinajstić information content (AvgIpc) is 3.37. The van der Waals surface area contributed by atoms with E-state index in [0.717, 1.165) is 33.0 Å². The molecule has 0 amide bonds. The van der Waals surface area contributed by atoms with E-state index in [1.54, 1.807) is 0 Å². The number of aromatic nitrogens is 4. The summed E-state index contributed by atoms with van der Waals surface area (Å²) >= 11 is 0. The van der Waals surface area contributed by atoms with Gasteiger partial charge in [-0.2, -0.15) is 0 Å². The van der Waals surface area contributed by atoms with Gasteiger partial charge in [-0.25, -0.2) is 0 Å². The first-order valence-corrected chi connectivity index (χ1v) is 10.6. The average molecular weight is 626 g/mol. The minimum absolute atomic E-state index is 0. The molecule has 0 aliphatic carbocycles. The Morgan fingerprint density at radius 2 is 1.62 bits per heavy atom. The van der Waals surface area contributed by atoms with Crippen LogP contribution in [-0.2, 0) is 24.9 Å². The number of aliphatic hydroxyl groups excluding tert-OH is 1. The fourth-order valence-corrected chi connectivity index (χ4v) is 4.07. The number of imidazole rings is 1. The van der Waals surface area contributed by atoms with Crippen LogP contribution >= 0.6 is 0 Å².